The van der Waals surface area contributed by atoms with E-state index in [0.29, 0.717) is 23.9 Å². The Balaban J connectivity index is 1.78. The Kier molecular flexibility index (Phi) is 4.99. The van der Waals surface area contributed by atoms with Gasteiger partial charge in [-0.05, 0) is 55.8 Å². The minimum absolute atomic E-state index is 0.456. The van der Waals surface area contributed by atoms with Gasteiger partial charge < -0.3 is 21.1 Å². The van der Waals surface area contributed by atoms with E-state index in [4.69, 9.17) is 10.5 Å². The van der Waals surface area contributed by atoms with Gasteiger partial charge in [0, 0.05) is 11.4 Å². The van der Waals surface area contributed by atoms with Crippen molar-refractivity contribution in [3.05, 3.63) is 60.4 Å². The molecule has 0 atom stereocenters. The van der Waals surface area contributed by atoms with Crippen molar-refractivity contribution in [3.63, 3.8) is 0 Å². The summed E-state index contributed by atoms with van der Waals surface area (Å²) in [6.07, 6.45) is 1.48. The third kappa shape index (κ3) is 4.17. The quantitative estimate of drug-likeness (QED) is 0.624. The number of hydrogen-bond donors (Lipinski definition) is 3. The Labute approximate surface area is 147 Å². The van der Waals surface area contributed by atoms with Gasteiger partial charge in [-0.25, -0.2) is 9.97 Å². The van der Waals surface area contributed by atoms with Gasteiger partial charge in [-0.2, -0.15) is 0 Å². The molecule has 0 spiro atoms. The van der Waals surface area contributed by atoms with E-state index >= 15 is 0 Å². The lowest BCUT2D eigenvalue weighted by molar-refractivity contribution is 0.340. The predicted molar refractivity (Wildman–Crippen MR) is 102 cm³/mol. The first-order valence-corrected chi connectivity index (χ1v) is 8.09. The second-order valence-electron chi connectivity index (χ2n) is 5.56. The van der Waals surface area contributed by atoms with E-state index < -0.39 is 0 Å². The summed E-state index contributed by atoms with van der Waals surface area (Å²) in [7, 11) is 0. The number of benzene rings is 2. The molecule has 0 fully saturated rings. The molecule has 0 aliphatic rings. The maximum atomic E-state index is 6.22. The van der Waals surface area contributed by atoms with Crippen LogP contribution in [0.1, 0.15) is 12.5 Å². The normalized spacial score (nSPS) is 10.3. The van der Waals surface area contributed by atoms with Crippen molar-refractivity contribution in [2.24, 2.45) is 0 Å². The van der Waals surface area contributed by atoms with E-state index in [9.17, 15) is 0 Å². The van der Waals surface area contributed by atoms with Crippen LogP contribution in [-0.4, -0.2) is 16.6 Å². The van der Waals surface area contributed by atoms with Gasteiger partial charge in [0.2, 0.25) is 0 Å². The lowest BCUT2D eigenvalue weighted by Crippen LogP contribution is -2.05. The van der Waals surface area contributed by atoms with Gasteiger partial charge in [0.15, 0.2) is 11.6 Å². The Hall–Kier alpha value is -3.28. The fraction of sp³-hybridized carbons (Fsp3) is 0.158. The van der Waals surface area contributed by atoms with Gasteiger partial charge in [0.25, 0.3) is 0 Å². The number of hydrogen-bond acceptors (Lipinski definition) is 6. The van der Waals surface area contributed by atoms with E-state index in [0.717, 1.165) is 22.7 Å². The summed E-state index contributed by atoms with van der Waals surface area (Å²) in [6, 6.07) is 15.6. The number of nitrogens with zero attached hydrogens (tertiary/aromatic N) is 2. The molecule has 128 valence electrons. The van der Waals surface area contributed by atoms with Gasteiger partial charge in [0.05, 0.1) is 6.61 Å². The van der Waals surface area contributed by atoms with Crippen LogP contribution in [0.3, 0.4) is 0 Å². The molecule has 0 saturated carbocycles. The molecule has 0 aliphatic heterocycles. The van der Waals surface area contributed by atoms with Crippen molar-refractivity contribution in [3.8, 4) is 5.75 Å². The number of nitrogen functional groups attached to an aromatic ring is 1. The zero-order chi connectivity index (χ0) is 17.6. The van der Waals surface area contributed by atoms with Gasteiger partial charge in [-0.1, -0.05) is 12.1 Å². The molecule has 6 nitrogen and oxygen atoms in total. The fourth-order valence-corrected chi connectivity index (χ4v) is 2.39. The van der Waals surface area contributed by atoms with Crippen LogP contribution in [0, 0.1) is 6.92 Å². The molecule has 2 aromatic carbocycles. The highest BCUT2D eigenvalue weighted by Gasteiger charge is 2.09. The van der Waals surface area contributed by atoms with Crippen molar-refractivity contribution in [2.45, 2.75) is 13.8 Å². The first kappa shape index (κ1) is 16.6. The predicted octanol–water partition coefficient (Wildman–Crippen LogP) is 4.25. The second-order valence-corrected chi connectivity index (χ2v) is 5.56. The number of nitrogens with one attached hydrogen (secondary N) is 2. The summed E-state index contributed by atoms with van der Waals surface area (Å²) >= 11 is 0. The average molecular weight is 335 g/mol. The third-order valence-corrected chi connectivity index (χ3v) is 3.59. The average Bonchev–Trinajstić information content (AvgIpc) is 2.60. The summed E-state index contributed by atoms with van der Waals surface area (Å²) in [5.41, 5.74) is 9.63. The highest BCUT2D eigenvalue weighted by molar-refractivity contribution is 5.80. The van der Waals surface area contributed by atoms with Crippen LogP contribution in [0.25, 0.3) is 0 Å². The lowest BCUT2D eigenvalue weighted by Gasteiger charge is -2.13. The number of aryl methyl sites for hydroxylation is 1. The molecular formula is C19H21N5O. The van der Waals surface area contributed by atoms with Crippen molar-refractivity contribution in [2.75, 3.05) is 23.0 Å². The van der Waals surface area contributed by atoms with E-state index in [-0.39, 0.29) is 0 Å². The van der Waals surface area contributed by atoms with Crippen molar-refractivity contribution in [1.82, 2.24) is 9.97 Å². The van der Waals surface area contributed by atoms with Crippen molar-refractivity contribution >= 4 is 28.7 Å². The zero-order valence-corrected chi connectivity index (χ0v) is 14.3. The van der Waals surface area contributed by atoms with Crippen LogP contribution in [0.15, 0.2) is 54.9 Å². The smallest absolute Gasteiger partial charge is 0.159 e. The number of ether oxygens (including phenoxy) is 1. The highest BCUT2D eigenvalue weighted by Crippen LogP contribution is 2.28. The monoisotopic (exact) mass is 335 g/mol. The number of aromatic nitrogens is 2. The van der Waals surface area contributed by atoms with E-state index in [1.54, 1.807) is 0 Å². The van der Waals surface area contributed by atoms with Gasteiger partial charge in [-0.15, -0.1) is 0 Å². The molecular weight excluding hydrogens is 314 g/mol. The van der Waals surface area contributed by atoms with Crippen LogP contribution in [0.2, 0.25) is 0 Å². The topological polar surface area (TPSA) is 85.1 Å². The molecule has 6 heteroatoms. The largest absolute Gasteiger partial charge is 0.494 e. The van der Waals surface area contributed by atoms with Crippen molar-refractivity contribution < 1.29 is 4.74 Å². The SMILES string of the molecule is CCOc1ccc(Nc2ncnc(Nc3cccc(C)c3)c2N)cc1. The first-order valence-electron chi connectivity index (χ1n) is 8.09. The molecule has 4 N–H and O–H groups in total. The number of rotatable bonds is 6. The van der Waals surface area contributed by atoms with Crippen LogP contribution in [0.5, 0.6) is 5.75 Å². The molecule has 1 heterocycles. The molecule has 0 aliphatic carbocycles. The number of nitrogens with two attached hydrogens (primary N) is 1. The standard InChI is InChI=1S/C19H21N5O/c1-3-25-16-9-7-14(8-10-16)23-18-17(20)19(22-12-21-18)24-15-6-4-5-13(2)11-15/h4-12H,3,20H2,1-2H3,(H2,21,22,23,24). The molecule has 0 bridgehead atoms. The highest BCUT2D eigenvalue weighted by atomic mass is 16.5. The summed E-state index contributed by atoms with van der Waals surface area (Å²) in [5, 5.41) is 6.44. The maximum Gasteiger partial charge on any atom is 0.159 e. The molecule has 0 unspecified atom stereocenters. The van der Waals surface area contributed by atoms with E-state index in [2.05, 4.69) is 20.6 Å². The molecule has 1 aromatic heterocycles. The summed E-state index contributed by atoms with van der Waals surface area (Å²) in [6.45, 7) is 4.63. The number of anilines is 5. The Morgan fingerprint density at radius 3 is 2.28 bits per heavy atom. The maximum absolute atomic E-state index is 6.22. The molecule has 3 aromatic rings. The van der Waals surface area contributed by atoms with Crippen LogP contribution in [0.4, 0.5) is 28.7 Å². The Bertz CT molecular complexity index is 849. The molecule has 0 saturated heterocycles. The molecule has 3 rings (SSSR count). The van der Waals surface area contributed by atoms with Gasteiger partial charge in [0.1, 0.15) is 17.8 Å². The molecule has 0 amide bonds. The Morgan fingerprint density at radius 2 is 1.64 bits per heavy atom. The molecule has 0 radical (unpaired) electrons. The minimum Gasteiger partial charge on any atom is -0.494 e. The van der Waals surface area contributed by atoms with Gasteiger partial charge in [-0.3, -0.25) is 0 Å². The molecule has 25 heavy (non-hydrogen) atoms. The van der Waals surface area contributed by atoms with E-state index in [1.165, 1.54) is 6.33 Å². The fourth-order valence-electron chi connectivity index (χ4n) is 2.39. The minimum atomic E-state index is 0.456. The van der Waals surface area contributed by atoms with E-state index in [1.807, 2.05) is 62.4 Å². The third-order valence-electron chi connectivity index (χ3n) is 3.59. The Morgan fingerprint density at radius 1 is 0.960 bits per heavy atom. The van der Waals surface area contributed by atoms with Crippen molar-refractivity contribution in [1.29, 1.82) is 0 Å². The summed E-state index contributed by atoms with van der Waals surface area (Å²) < 4.78 is 5.44. The summed E-state index contributed by atoms with van der Waals surface area (Å²) in [4.78, 5) is 8.47. The second kappa shape index (κ2) is 7.53. The first-order chi connectivity index (χ1) is 12.2. The van der Waals surface area contributed by atoms with Crippen LogP contribution in [-0.2, 0) is 0 Å². The van der Waals surface area contributed by atoms with Gasteiger partial charge >= 0.3 is 0 Å². The van der Waals surface area contributed by atoms with Crippen LogP contribution < -0.4 is 21.1 Å². The lowest BCUT2D eigenvalue weighted by atomic mass is 10.2. The summed E-state index contributed by atoms with van der Waals surface area (Å²) in [5.74, 6) is 1.94. The van der Waals surface area contributed by atoms with Crippen LogP contribution >= 0.6 is 0 Å². The zero-order valence-electron chi connectivity index (χ0n) is 14.3.